The molecule has 1 fully saturated rings. The Morgan fingerprint density at radius 1 is 1.57 bits per heavy atom. The highest BCUT2D eigenvalue weighted by Gasteiger charge is 2.55. The Bertz CT molecular complexity index is 253. The van der Waals surface area contributed by atoms with E-state index in [1.54, 1.807) is 0 Å². The fourth-order valence-corrected chi connectivity index (χ4v) is 1.51. The van der Waals surface area contributed by atoms with Crippen LogP contribution in [0.2, 0.25) is 0 Å². The van der Waals surface area contributed by atoms with E-state index >= 15 is 0 Å². The monoisotopic (exact) mass is 211 g/mol. The molecule has 1 amide bonds. The number of hydrogen-bond donors (Lipinski definition) is 1. The molecule has 1 saturated heterocycles. The van der Waals surface area contributed by atoms with Gasteiger partial charge in [-0.25, -0.2) is 0 Å². The van der Waals surface area contributed by atoms with E-state index in [4.69, 9.17) is 5.73 Å². The van der Waals surface area contributed by atoms with Crippen molar-refractivity contribution >= 4 is 5.91 Å². The molecule has 3 nitrogen and oxygen atoms in total. The van der Waals surface area contributed by atoms with Gasteiger partial charge in [0.25, 0.3) is 0 Å². The van der Waals surface area contributed by atoms with Crippen molar-refractivity contribution in [1.29, 1.82) is 0 Å². The van der Waals surface area contributed by atoms with Gasteiger partial charge in [-0.2, -0.15) is 13.2 Å². The van der Waals surface area contributed by atoms with E-state index in [1.807, 2.05) is 0 Å². The van der Waals surface area contributed by atoms with Crippen LogP contribution in [0.25, 0.3) is 0 Å². The van der Waals surface area contributed by atoms with Crippen LogP contribution in [0.5, 0.6) is 0 Å². The van der Waals surface area contributed by atoms with E-state index in [2.05, 4.69) is 4.74 Å². The molecular weight excluding hydrogens is 199 g/mol. The van der Waals surface area contributed by atoms with E-state index < -0.39 is 29.7 Å². The van der Waals surface area contributed by atoms with Crippen LogP contribution in [0.15, 0.2) is 0 Å². The van der Waals surface area contributed by atoms with Gasteiger partial charge in [0.15, 0.2) is 6.10 Å². The fraction of sp³-hybridized carbons (Fsp3) is 0.875. The minimum absolute atomic E-state index is 0.219. The summed E-state index contributed by atoms with van der Waals surface area (Å²) in [5, 5.41) is 0. The number of hydrogen-bond acceptors (Lipinski definition) is 2. The maximum atomic E-state index is 12.3. The van der Waals surface area contributed by atoms with Crippen LogP contribution in [0.3, 0.4) is 0 Å². The summed E-state index contributed by atoms with van der Waals surface area (Å²) < 4.78 is 41.5. The normalized spacial score (nSPS) is 38.6. The lowest BCUT2D eigenvalue weighted by atomic mass is 9.89. The van der Waals surface area contributed by atoms with E-state index in [-0.39, 0.29) is 6.42 Å². The molecule has 14 heavy (non-hydrogen) atoms. The Balaban J connectivity index is 2.84. The van der Waals surface area contributed by atoms with Gasteiger partial charge in [-0.15, -0.1) is 0 Å². The molecule has 2 N–H and O–H groups in total. The Labute approximate surface area is 79.4 Å². The molecule has 1 aliphatic heterocycles. The number of alkyl halides is 3. The van der Waals surface area contributed by atoms with Gasteiger partial charge >= 0.3 is 6.18 Å². The molecular formula is C8H12F3NO2. The lowest BCUT2D eigenvalue weighted by Gasteiger charge is -2.25. The summed E-state index contributed by atoms with van der Waals surface area (Å²) in [7, 11) is 0. The van der Waals surface area contributed by atoms with Crippen molar-refractivity contribution in [1.82, 2.24) is 0 Å². The number of rotatable bonds is 1. The second kappa shape index (κ2) is 3.12. The van der Waals surface area contributed by atoms with Crippen LogP contribution >= 0.6 is 0 Å². The zero-order valence-electron chi connectivity index (χ0n) is 7.89. The summed E-state index contributed by atoms with van der Waals surface area (Å²) in [5.74, 6) is -1.37. The number of carbonyl (C=O) groups excluding carboxylic acids is 1. The molecule has 0 saturated carbocycles. The molecule has 1 aliphatic rings. The van der Waals surface area contributed by atoms with Crippen molar-refractivity contribution in [3.63, 3.8) is 0 Å². The number of ether oxygens (including phenoxy) is 1. The molecule has 1 rings (SSSR count). The number of nitrogens with two attached hydrogens (primary N) is 1. The Morgan fingerprint density at radius 3 is 2.29 bits per heavy atom. The highest BCUT2D eigenvalue weighted by Crippen LogP contribution is 2.42. The smallest absolute Gasteiger partial charge is 0.367 e. The third-order valence-electron chi connectivity index (χ3n) is 2.75. The second-order valence-electron chi connectivity index (χ2n) is 3.76. The summed E-state index contributed by atoms with van der Waals surface area (Å²) in [4.78, 5) is 10.9. The topological polar surface area (TPSA) is 52.3 Å². The first-order valence-electron chi connectivity index (χ1n) is 4.22. The fourth-order valence-electron chi connectivity index (χ4n) is 1.51. The number of halogens is 3. The molecule has 0 aliphatic carbocycles. The van der Waals surface area contributed by atoms with Crippen LogP contribution < -0.4 is 5.73 Å². The summed E-state index contributed by atoms with van der Waals surface area (Å²) in [6, 6.07) is 0. The summed E-state index contributed by atoms with van der Waals surface area (Å²) >= 11 is 0. The van der Waals surface area contributed by atoms with E-state index in [1.165, 1.54) is 13.8 Å². The molecule has 0 aromatic carbocycles. The molecule has 0 bridgehead atoms. The lowest BCUT2D eigenvalue weighted by molar-refractivity contribution is -0.225. The quantitative estimate of drug-likeness (QED) is 0.708. The maximum Gasteiger partial charge on any atom is 0.414 e. The molecule has 3 atom stereocenters. The summed E-state index contributed by atoms with van der Waals surface area (Å²) in [6.45, 7) is 2.82. The number of primary amides is 1. The summed E-state index contributed by atoms with van der Waals surface area (Å²) in [5.41, 5.74) is 3.50. The van der Waals surface area contributed by atoms with Gasteiger partial charge in [0.1, 0.15) is 5.60 Å². The summed E-state index contributed by atoms with van der Waals surface area (Å²) in [6.07, 6.45) is -6.53. The van der Waals surface area contributed by atoms with Crippen molar-refractivity contribution in [3.05, 3.63) is 0 Å². The van der Waals surface area contributed by atoms with Gasteiger partial charge in [-0.05, 0) is 19.3 Å². The maximum absolute atomic E-state index is 12.3. The molecule has 6 heteroatoms. The number of amides is 1. The first-order chi connectivity index (χ1) is 6.18. The van der Waals surface area contributed by atoms with Gasteiger partial charge in [0.2, 0.25) is 5.91 Å². The average molecular weight is 211 g/mol. The predicted octanol–water partition coefficient (Wildman–Crippen LogP) is 1.22. The SMILES string of the molecule is CC1CC(C(F)(F)F)OC1(C)C(N)=O. The van der Waals surface area contributed by atoms with Gasteiger partial charge in [0, 0.05) is 0 Å². The van der Waals surface area contributed by atoms with Crippen molar-refractivity contribution in [2.45, 2.75) is 38.1 Å². The molecule has 1 heterocycles. The van der Waals surface area contributed by atoms with Gasteiger partial charge < -0.3 is 10.5 Å². The molecule has 0 spiro atoms. The Morgan fingerprint density at radius 2 is 2.07 bits per heavy atom. The molecule has 0 aromatic rings. The molecule has 82 valence electrons. The second-order valence-corrected chi connectivity index (χ2v) is 3.76. The van der Waals surface area contributed by atoms with Gasteiger partial charge in [-0.1, -0.05) is 6.92 Å². The van der Waals surface area contributed by atoms with E-state index in [0.717, 1.165) is 0 Å². The molecule has 0 radical (unpaired) electrons. The van der Waals surface area contributed by atoms with Crippen molar-refractivity contribution in [2.24, 2.45) is 11.7 Å². The Hall–Kier alpha value is -0.780. The highest BCUT2D eigenvalue weighted by atomic mass is 19.4. The van der Waals surface area contributed by atoms with Crippen LogP contribution in [0.4, 0.5) is 13.2 Å². The van der Waals surface area contributed by atoms with Gasteiger partial charge in [-0.3, -0.25) is 4.79 Å². The first-order valence-corrected chi connectivity index (χ1v) is 4.22. The van der Waals surface area contributed by atoms with Crippen LogP contribution in [0, 0.1) is 5.92 Å². The Kier molecular flexibility index (Phi) is 2.51. The number of carbonyl (C=O) groups is 1. The van der Waals surface area contributed by atoms with E-state index in [0.29, 0.717) is 0 Å². The highest BCUT2D eigenvalue weighted by molar-refractivity contribution is 5.83. The zero-order chi connectivity index (χ0) is 11.1. The third kappa shape index (κ3) is 1.70. The standard InChI is InChI=1S/C8H12F3NO2/c1-4-3-5(8(9,10)11)14-7(4,2)6(12)13/h4-5H,3H2,1-2H3,(H2,12,13). The third-order valence-corrected chi connectivity index (χ3v) is 2.75. The van der Waals surface area contributed by atoms with E-state index in [9.17, 15) is 18.0 Å². The van der Waals surface area contributed by atoms with Crippen molar-refractivity contribution < 1.29 is 22.7 Å². The first kappa shape index (κ1) is 11.3. The van der Waals surface area contributed by atoms with Gasteiger partial charge in [0.05, 0.1) is 0 Å². The lowest BCUT2D eigenvalue weighted by Crippen LogP contribution is -2.46. The average Bonchev–Trinajstić information content (AvgIpc) is 2.28. The van der Waals surface area contributed by atoms with Crippen molar-refractivity contribution in [2.75, 3.05) is 0 Å². The van der Waals surface area contributed by atoms with Crippen LogP contribution in [0.1, 0.15) is 20.3 Å². The largest absolute Gasteiger partial charge is 0.414 e. The molecule has 3 unspecified atom stereocenters. The minimum Gasteiger partial charge on any atom is -0.367 e. The molecule has 0 aromatic heterocycles. The zero-order valence-corrected chi connectivity index (χ0v) is 7.89. The van der Waals surface area contributed by atoms with Crippen LogP contribution in [-0.2, 0) is 9.53 Å². The predicted molar refractivity (Wildman–Crippen MR) is 42.3 cm³/mol. The minimum atomic E-state index is -4.43. The van der Waals surface area contributed by atoms with Crippen LogP contribution in [-0.4, -0.2) is 23.8 Å². The van der Waals surface area contributed by atoms with Crippen molar-refractivity contribution in [3.8, 4) is 0 Å².